The zero-order valence-corrected chi connectivity index (χ0v) is 34.4. The average molecular weight is 769 g/mol. The maximum absolute atomic E-state index is 2.55. The Balaban J connectivity index is 1.05. The SMILES string of the molecule is CC1(C)c2ccccc2-c2ccc(N(c3cccc4c3-c3ccccc3C4(C)C)c3ccc(-c4ccc(-n5c6ccccc6c6ccccc65)cc4)c4ccccc34)cc21. The Bertz CT molecular complexity index is 3320. The third-order valence-corrected chi connectivity index (χ3v) is 13.8. The van der Waals surface area contributed by atoms with Crippen molar-refractivity contribution in [2.75, 3.05) is 4.90 Å². The molecule has 1 heterocycles. The maximum Gasteiger partial charge on any atom is 0.0543 e. The van der Waals surface area contributed by atoms with Crippen LogP contribution in [-0.4, -0.2) is 4.57 Å². The Morgan fingerprint density at radius 2 is 0.900 bits per heavy atom. The zero-order chi connectivity index (χ0) is 40.3. The fraction of sp³-hybridized carbons (Fsp3) is 0.103. The topological polar surface area (TPSA) is 8.17 Å². The van der Waals surface area contributed by atoms with Crippen LogP contribution < -0.4 is 4.90 Å². The first kappa shape index (κ1) is 34.8. The van der Waals surface area contributed by atoms with Crippen molar-refractivity contribution in [2.45, 2.75) is 38.5 Å². The van der Waals surface area contributed by atoms with Gasteiger partial charge >= 0.3 is 0 Å². The predicted molar refractivity (Wildman–Crippen MR) is 254 cm³/mol. The number of nitrogens with zero attached hydrogens (tertiary/aromatic N) is 2. The molecule has 0 spiro atoms. The van der Waals surface area contributed by atoms with Gasteiger partial charge in [-0.3, -0.25) is 0 Å². The quantitative estimate of drug-likeness (QED) is 0.169. The highest BCUT2D eigenvalue weighted by molar-refractivity contribution is 6.10. The lowest BCUT2D eigenvalue weighted by Crippen LogP contribution is -2.17. The van der Waals surface area contributed by atoms with Crippen LogP contribution in [0.15, 0.2) is 194 Å². The lowest BCUT2D eigenvalue weighted by molar-refractivity contribution is 0.660. The molecule has 286 valence electrons. The highest BCUT2D eigenvalue weighted by Gasteiger charge is 2.39. The number of hydrogen-bond acceptors (Lipinski definition) is 1. The number of benzene rings is 9. The van der Waals surface area contributed by atoms with Crippen LogP contribution in [0.2, 0.25) is 0 Å². The summed E-state index contributed by atoms with van der Waals surface area (Å²) in [5.74, 6) is 0. The Morgan fingerprint density at radius 1 is 0.367 bits per heavy atom. The van der Waals surface area contributed by atoms with Crippen molar-refractivity contribution in [3.63, 3.8) is 0 Å². The van der Waals surface area contributed by atoms with Crippen LogP contribution in [0.5, 0.6) is 0 Å². The van der Waals surface area contributed by atoms with Gasteiger partial charge in [-0.05, 0) is 104 Å². The first-order valence-corrected chi connectivity index (χ1v) is 21.2. The molecular weight excluding hydrogens is 725 g/mol. The van der Waals surface area contributed by atoms with E-state index in [1.165, 1.54) is 105 Å². The van der Waals surface area contributed by atoms with Gasteiger partial charge < -0.3 is 9.47 Å². The molecular formula is C58H44N2. The summed E-state index contributed by atoms with van der Waals surface area (Å²) in [6, 6.07) is 72.3. The third-order valence-electron chi connectivity index (χ3n) is 13.8. The minimum absolute atomic E-state index is 0.119. The predicted octanol–water partition coefficient (Wildman–Crippen LogP) is 15.7. The van der Waals surface area contributed by atoms with Crippen molar-refractivity contribution in [3.05, 3.63) is 216 Å². The van der Waals surface area contributed by atoms with Gasteiger partial charge in [-0.1, -0.05) is 173 Å². The minimum Gasteiger partial charge on any atom is -0.309 e. The molecule has 0 saturated heterocycles. The second-order valence-corrected chi connectivity index (χ2v) is 17.7. The molecule has 0 amide bonds. The van der Waals surface area contributed by atoms with E-state index in [-0.39, 0.29) is 10.8 Å². The highest BCUT2D eigenvalue weighted by Crippen LogP contribution is 2.56. The van der Waals surface area contributed by atoms with E-state index in [2.05, 4.69) is 231 Å². The van der Waals surface area contributed by atoms with Gasteiger partial charge in [-0.25, -0.2) is 0 Å². The number of fused-ring (bicyclic) bond motifs is 10. The molecule has 0 fully saturated rings. The van der Waals surface area contributed by atoms with Crippen molar-refractivity contribution in [3.8, 4) is 39.1 Å². The molecule has 0 radical (unpaired) electrons. The summed E-state index contributed by atoms with van der Waals surface area (Å²) in [6.07, 6.45) is 0. The van der Waals surface area contributed by atoms with Crippen LogP contribution in [0, 0.1) is 0 Å². The number of rotatable bonds is 5. The molecule has 0 bridgehead atoms. The number of anilines is 3. The van der Waals surface area contributed by atoms with Gasteiger partial charge in [0.15, 0.2) is 0 Å². The molecule has 12 rings (SSSR count). The zero-order valence-electron chi connectivity index (χ0n) is 34.4. The van der Waals surface area contributed by atoms with Crippen molar-refractivity contribution < 1.29 is 0 Å². The molecule has 9 aromatic carbocycles. The van der Waals surface area contributed by atoms with E-state index in [1.54, 1.807) is 0 Å². The lowest BCUT2D eigenvalue weighted by atomic mass is 9.82. The van der Waals surface area contributed by atoms with E-state index in [1.807, 2.05) is 0 Å². The van der Waals surface area contributed by atoms with Crippen molar-refractivity contribution >= 4 is 49.6 Å². The third kappa shape index (κ3) is 4.82. The van der Waals surface area contributed by atoms with Gasteiger partial charge in [-0.15, -0.1) is 0 Å². The number of para-hydroxylation sites is 2. The highest BCUT2D eigenvalue weighted by atomic mass is 15.1. The Morgan fingerprint density at radius 3 is 1.62 bits per heavy atom. The lowest BCUT2D eigenvalue weighted by Gasteiger charge is -2.31. The first-order chi connectivity index (χ1) is 29.3. The molecule has 0 saturated carbocycles. The fourth-order valence-electron chi connectivity index (χ4n) is 10.9. The molecule has 0 atom stereocenters. The van der Waals surface area contributed by atoms with E-state index >= 15 is 0 Å². The Labute approximate surface area is 351 Å². The van der Waals surface area contributed by atoms with Crippen molar-refractivity contribution in [1.29, 1.82) is 0 Å². The summed E-state index contributed by atoms with van der Waals surface area (Å²) in [6.45, 7) is 9.50. The van der Waals surface area contributed by atoms with Gasteiger partial charge in [0, 0.05) is 43.9 Å². The second-order valence-electron chi connectivity index (χ2n) is 17.7. The van der Waals surface area contributed by atoms with Crippen LogP contribution in [0.3, 0.4) is 0 Å². The number of aromatic nitrogens is 1. The summed E-state index contributed by atoms with van der Waals surface area (Å²) in [7, 11) is 0. The van der Waals surface area contributed by atoms with Gasteiger partial charge in [0.1, 0.15) is 0 Å². The van der Waals surface area contributed by atoms with Crippen molar-refractivity contribution in [1.82, 2.24) is 4.57 Å². The molecule has 10 aromatic rings. The number of hydrogen-bond donors (Lipinski definition) is 0. The van der Waals surface area contributed by atoms with Gasteiger partial charge in [-0.2, -0.15) is 0 Å². The fourth-order valence-corrected chi connectivity index (χ4v) is 10.9. The van der Waals surface area contributed by atoms with Crippen molar-refractivity contribution in [2.24, 2.45) is 0 Å². The molecule has 60 heavy (non-hydrogen) atoms. The molecule has 0 aliphatic heterocycles. The van der Waals surface area contributed by atoms with E-state index < -0.39 is 0 Å². The van der Waals surface area contributed by atoms with Crippen LogP contribution in [-0.2, 0) is 10.8 Å². The molecule has 2 aliphatic carbocycles. The Kier molecular flexibility index (Phi) is 7.36. The van der Waals surface area contributed by atoms with Gasteiger partial charge in [0.25, 0.3) is 0 Å². The second kappa shape index (κ2) is 12.7. The largest absolute Gasteiger partial charge is 0.309 e. The average Bonchev–Trinajstić information content (AvgIpc) is 3.84. The maximum atomic E-state index is 2.55. The molecule has 0 unspecified atom stereocenters. The van der Waals surface area contributed by atoms with E-state index in [4.69, 9.17) is 0 Å². The molecule has 1 aromatic heterocycles. The standard InChI is InChI=1S/C58H44N2/c1-57(2)49-23-12-8-21-47(49)56-50(57)24-15-27-55(56)60(39-32-33-43-42-17-7-11-22-48(42)58(3,4)51(43)36-39)54-35-34-40(41-16-5-6-18-44(41)54)37-28-30-38(31-29-37)59-52-25-13-9-19-45(52)46-20-10-14-26-53(46)59/h5-36H,1-4H3. The molecule has 2 nitrogen and oxygen atoms in total. The summed E-state index contributed by atoms with van der Waals surface area (Å²) in [4.78, 5) is 2.55. The normalized spacial score (nSPS) is 14.3. The van der Waals surface area contributed by atoms with E-state index in [9.17, 15) is 0 Å². The summed E-state index contributed by atoms with van der Waals surface area (Å²) in [5.41, 5.74) is 20.1. The van der Waals surface area contributed by atoms with Gasteiger partial charge in [0.2, 0.25) is 0 Å². The van der Waals surface area contributed by atoms with Gasteiger partial charge in [0.05, 0.1) is 22.4 Å². The molecule has 2 heteroatoms. The minimum atomic E-state index is -0.127. The van der Waals surface area contributed by atoms with Crippen LogP contribution >= 0.6 is 0 Å². The van der Waals surface area contributed by atoms with Crippen LogP contribution in [0.4, 0.5) is 17.1 Å². The monoisotopic (exact) mass is 768 g/mol. The van der Waals surface area contributed by atoms with Crippen LogP contribution in [0.1, 0.15) is 49.9 Å². The summed E-state index contributed by atoms with van der Waals surface area (Å²) < 4.78 is 2.39. The van der Waals surface area contributed by atoms with E-state index in [0.29, 0.717) is 0 Å². The van der Waals surface area contributed by atoms with Crippen LogP contribution in [0.25, 0.3) is 71.6 Å². The molecule has 0 N–H and O–H groups in total. The summed E-state index contributed by atoms with van der Waals surface area (Å²) in [5, 5.41) is 4.99. The first-order valence-electron chi connectivity index (χ1n) is 21.2. The summed E-state index contributed by atoms with van der Waals surface area (Å²) >= 11 is 0. The molecule has 2 aliphatic rings. The Hall–Kier alpha value is -7.16. The smallest absolute Gasteiger partial charge is 0.0543 e. The van der Waals surface area contributed by atoms with E-state index in [0.717, 1.165) is 5.69 Å².